The van der Waals surface area contributed by atoms with Crippen LogP contribution in [0.2, 0.25) is 0 Å². The van der Waals surface area contributed by atoms with E-state index in [4.69, 9.17) is 14.3 Å². The Morgan fingerprint density at radius 2 is 1.76 bits per heavy atom. The van der Waals surface area contributed by atoms with Crippen LogP contribution in [0.25, 0.3) is 0 Å². The first kappa shape index (κ1) is 11.6. The van der Waals surface area contributed by atoms with E-state index >= 15 is 0 Å². The molecule has 0 fully saturated rings. The van der Waals surface area contributed by atoms with Crippen LogP contribution >= 0.6 is 0 Å². The molecule has 1 aromatic carbocycles. The normalized spacial score (nSPS) is 10.4. The lowest BCUT2D eigenvalue weighted by Crippen LogP contribution is -2.01. The van der Waals surface area contributed by atoms with Crippen LogP contribution < -0.4 is 4.74 Å². The van der Waals surface area contributed by atoms with Crippen molar-refractivity contribution in [2.45, 2.75) is 12.8 Å². The summed E-state index contributed by atoms with van der Waals surface area (Å²) in [6, 6.07) is 9.56. The Morgan fingerprint density at radius 3 is 2.47 bits per heavy atom. The number of hydrogen-bond acceptors (Lipinski definition) is 5. The molecule has 0 atom stereocenters. The van der Waals surface area contributed by atoms with E-state index in [-0.39, 0.29) is 6.61 Å². The summed E-state index contributed by atoms with van der Waals surface area (Å²) in [5, 5.41) is 16.4. The van der Waals surface area contributed by atoms with Crippen LogP contribution in [0.4, 0.5) is 0 Å². The highest BCUT2D eigenvalue weighted by molar-refractivity contribution is 5.20. The first-order chi connectivity index (χ1) is 8.38. The van der Waals surface area contributed by atoms with Crippen LogP contribution in [0.5, 0.6) is 5.75 Å². The van der Waals surface area contributed by atoms with Gasteiger partial charge in [-0.25, -0.2) is 0 Å². The van der Waals surface area contributed by atoms with Crippen molar-refractivity contribution in [2.75, 3.05) is 13.2 Å². The minimum absolute atomic E-state index is 0.0160. The third kappa shape index (κ3) is 3.57. The summed E-state index contributed by atoms with van der Waals surface area (Å²) < 4.78 is 10.8. The van der Waals surface area contributed by atoms with Crippen LogP contribution in [0, 0.1) is 0 Å². The maximum atomic E-state index is 8.70. The SMILES string of the molecule is OCCc1nnc(CCOc2ccccc2)o1. The predicted octanol–water partition coefficient (Wildman–Crippen LogP) is 1.23. The molecular weight excluding hydrogens is 220 g/mol. The molecule has 0 saturated heterocycles. The van der Waals surface area contributed by atoms with Gasteiger partial charge in [0.25, 0.3) is 0 Å². The van der Waals surface area contributed by atoms with E-state index in [0.717, 1.165) is 5.75 Å². The molecule has 1 heterocycles. The van der Waals surface area contributed by atoms with E-state index in [1.54, 1.807) is 0 Å². The Kier molecular flexibility index (Phi) is 4.10. The molecule has 0 aliphatic rings. The zero-order chi connectivity index (χ0) is 11.9. The van der Waals surface area contributed by atoms with Crippen molar-refractivity contribution in [1.82, 2.24) is 10.2 Å². The van der Waals surface area contributed by atoms with Gasteiger partial charge in [-0.05, 0) is 12.1 Å². The van der Waals surface area contributed by atoms with Gasteiger partial charge in [0.1, 0.15) is 5.75 Å². The molecule has 0 aliphatic heterocycles. The first-order valence-corrected chi connectivity index (χ1v) is 5.48. The average molecular weight is 234 g/mol. The lowest BCUT2D eigenvalue weighted by Gasteiger charge is -2.02. The molecule has 17 heavy (non-hydrogen) atoms. The summed E-state index contributed by atoms with van der Waals surface area (Å²) in [6.07, 6.45) is 0.958. The van der Waals surface area contributed by atoms with Gasteiger partial charge < -0.3 is 14.3 Å². The standard InChI is InChI=1S/C12H14N2O3/c15-8-6-11-13-14-12(17-11)7-9-16-10-4-2-1-3-5-10/h1-5,15H,6-9H2. The minimum atomic E-state index is 0.0160. The minimum Gasteiger partial charge on any atom is -0.493 e. The van der Waals surface area contributed by atoms with Gasteiger partial charge in [-0.1, -0.05) is 18.2 Å². The van der Waals surface area contributed by atoms with E-state index in [9.17, 15) is 0 Å². The molecule has 5 heteroatoms. The van der Waals surface area contributed by atoms with E-state index in [0.29, 0.717) is 31.2 Å². The quantitative estimate of drug-likeness (QED) is 0.814. The summed E-state index contributed by atoms with van der Waals surface area (Å²) in [6.45, 7) is 0.507. The highest BCUT2D eigenvalue weighted by Gasteiger charge is 2.05. The summed E-state index contributed by atoms with van der Waals surface area (Å²) in [4.78, 5) is 0. The van der Waals surface area contributed by atoms with E-state index < -0.39 is 0 Å². The highest BCUT2D eigenvalue weighted by atomic mass is 16.5. The fourth-order valence-corrected chi connectivity index (χ4v) is 1.36. The molecule has 90 valence electrons. The molecular formula is C12H14N2O3. The number of ether oxygens (including phenoxy) is 1. The molecule has 1 aromatic heterocycles. The van der Waals surface area contributed by atoms with Gasteiger partial charge in [0.2, 0.25) is 11.8 Å². The van der Waals surface area contributed by atoms with Crippen LogP contribution in [-0.2, 0) is 12.8 Å². The lowest BCUT2D eigenvalue weighted by atomic mass is 10.3. The zero-order valence-electron chi connectivity index (χ0n) is 9.37. The van der Waals surface area contributed by atoms with E-state index in [1.165, 1.54) is 0 Å². The average Bonchev–Trinajstić information content (AvgIpc) is 2.79. The third-order valence-electron chi connectivity index (χ3n) is 2.16. The lowest BCUT2D eigenvalue weighted by molar-refractivity contribution is 0.278. The maximum absolute atomic E-state index is 8.70. The second-order valence-electron chi connectivity index (χ2n) is 3.47. The molecule has 0 spiro atoms. The largest absolute Gasteiger partial charge is 0.493 e. The monoisotopic (exact) mass is 234 g/mol. The molecule has 0 unspecified atom stereocenters. The Morgan fingerprint density at radius 1 is 1.06 bits per heavy atom. The molecule has 1 N–H and O–H groups in total. The number of aliphatic hydroxyl groups is 1. The van der Waals surface area contributed by atoms with Crippen LogP contribution in [0.15, 0.2) is 34.7 Å². The van der Waals surface area contributed by atoms with Crippen molar-refractivity contribution in [1.29, 1.82) is 0 Å². The molecule has 5 nitrogen and oxygen atoms in total. The number of benzene rings is 1. The number of aromatic nitrogens is 2. The number of rotatable bonds is 6. The second kappa shape index (κ2) is 6.00. The zero-order valence-corrected chi connectivity index (χ0v) is 9.37. The fourth-order valence-electron chi connectivity index (χ4n) is 1.36. The summed E-state index contributed by atoms with van der Waals surface area (Å²) >= 11 is 0. The van der Waals surface area contributed by atoms with Gasteiger partial charge in [-0.15, -0.1) is 10.2 Å². The van der Waals surface area contributed by atoms with Crippen LogP contribution in [-0.4, -0.2) is 28.5 Å². The summed E-state index contributed by atoms with van der Waals surface area (Å²) in [5.74, 6) is 1.81. The first-order valence-electron chi connectivity index (χ1n) is 5.48. The van der Waals surface area contributed by atoms with Gasteiger partial charge in [0.05, 0.1) is 19.6 Å². The maximum Gasteiger partial charge on any atom is 0.219 e. The van der Waals surface area contributed by atoms with Gasteiger partial charge in [0.15, 0.2) is 0 Å². The predicted molar refractivity (Wildman–Crippen MR) is 60.7 cm³/mol. The summed E-state index contributed by atoms with van der Waals surface area (Å²) in [7, 11) is 0. The molecule has 0 amide bonds. The number of para-hydroxylation sites is 1. The topological polar surface area (TPSA) is 68.4 Å². The highest BCUT2D eigenvalue weighted by Crippen LogP contribution is 2.09. The molecule has 0 saturated carbocycles. The van der Waals surface area contributed by atoms with Crippen molar-refractivity contribution in [2.24, 2.45) is 0 Å². The van der Waals surface area contributed by atoms with Crippen molar-refractivity contribution < 1.29 is 14.3 Å². The van der Waals surface area contributed by atoms with Crippen molar-refractivity contribution in [3.63, 3.8) is 0 Å². The van der Waals surface area contributed by atoms with Crippen LogP contribution in [0.3, 0.4) is 0 Å². The van der Waals surface area contributed by atoms with Gasteiger partial charge in [-0.2, -0.15) is 0 Å². The van der Waals surface area contributed by atoms with Gasteiger partial charge >= 0.3 is 0 Å². The smallest absolute Gasteiger partial charge is 0.219 e. The summed E-state index contributed by atoms with van der Waals surface area (Å²) in [5.41, 5.74) is 0. The van der Waals surface area contributed by atoms with Crippen molar-refractivity contribution in [3.8, 4) is 5.75 Å². The molecule has 0 aliphatic carbocycles. The number of hydrogen-bond donors (Lipinski definition) is 1. The van der Waals surface area contributed by atoms with Gasteiger partial charge in [-0.3, -0.25) is 0 Å². The Balaban J connectivity index is 1.78. The van der Waals surface area contributed by atoms with Gasteiger partial charge in [0, 0.05) is 6.42 Å². The van der Waals surface area contributed by atoms with E-state index in [1.807, 2.05) is 30.3 Å². The molecule has 0 bridgehead atoms. The molecule has 0 radical (unpaired) electrons. The van der Waals surface area contributed by atoms with Crippen molar-refractivity contribution >= 4 is 0 Å². The Bertz CT molecular complexity index is 442. The van der Waals surface area contributed by atoms with Crippen LogP contribution in [0.1, 0.15) is 11.8 Å². The number of aliphatic hydroxyl groups excluding tert-OH is 1. The molecule has 2 aromatic rings. The number of nitrogens with zero attached hydrogens (tertiary/aromatic N) is 2. The Labute approximate surface area is 99.1 Å². The molecule has 2 rings (SSSR count). The van der Waals surface area contributed by atoms with E-state index in [2.05, 4.69) is 10.2 Å². The fraction of sp³-hybridized carbons (Fsp3) is 0.333. The third-order valence-corrected chi connectivity index (χ3v) is 2.16. The second-order valence-corrected chi connectivity index (χ2v) is 3.47. The Hall–Kier alpha value is -1.88. The van der Waals surface area contributed by atoms with Crippen molar-refractivity contribution in [3.05, 3.63) is 42.1 Å².